The molecule has 1 aromatic carbocycles. The zero-order valence-electron chi connectivity index (χ0n) is 21.7. The van der Waals surface area contributed by atoms with Crippen LogP contribution in [0.25, 0.3) is 0 Å². The van der Waals surface area contributed by atoms with Gasteiger partial charge in [-0.25, -0.2) is 4.79 Å². The molecular formula is C29H38N4O3. The maximum atomic E-state index is 12.6. The van der Waals surface area contributed by atoms with Gasteiger partial charge in [0, 0.05) is 38.6 Å². The maximum Gasteiger partial charge on any atom is 0.410 e. The van der Waals surface area contributed by atoms with E-state index in [0.29, 0.717) is 24.0 Å². The predicted molar refractivity (Wildman–Crippen MR) is 138 cm³/mol. The quantitative estimate of drug-likeness (QED) is 0.507. The van der Waals surface area contributed by atoms with Crippen molar-refractivity contribution in [1.82, 2.24) is 14.8 Å². The summed E-state index contributed by atoms with van der Waals surface area (Å²) in [5.41, 5.74) is 2.40. The van der Waals surface area contributed by atoms with Gasteiger partial charge in [-0.3, -0.25) is 4.98 Å². The Morgan fingerprint density at radius 1 is 1.08 bits per heavy atom. The third-order valence-electron chi connectivity index (χ3n) is 6.86. The van der Waals surface area contributed by atoms with Crippen LogP contribution in [0.1, 0.15) is 62.8 Å². The minimum atomic E-state index is -0.458. The first kappa shape index (κ1) is 26.1. The molecule has 192 valence electrons. The highest BCUT2D eigenvalue weighted by molar-refractivity contribution is 5.68. The molecule has 0 spiro atoms. The first-order valence-corrected chi connectivity index (χ1v) is 13.0. The molecule has 3 atom stereocenters. The Labute approximate surface area is 215 Å². The molecule has 0 saturated carbocycles. The van der Waals surface area contributed by atoms with Crippen molar-refractivity contribution < 1.29 is 14.3 Å². The summed E-state index contributed by atoms with van der Waals surface area (Å²) in [6, 6.07) is 13.9. The Morgan fingerprint density at radius 2 is 1.75 bits per heavy atom. The highest BCUT2D eigenvalue weighted by Crippen LogP contribution is 2.31. The fourth-order valence-corrected chi connectivity index (χ4v) is 5.34. The molecule has 3 heterocycles. The molecule has 1 aromatic heterocycles. The smallest absolute Gasteiger partial charge is 0.410 e. The summed E-state index contributed by atoms with van der Waals surface area (Å²) in [6.45, 7) is 10.9. The Hall–Kier alpha value is -2.95. The van der Waals surface area contributed by atoms with Crippen LogP contribution in [0.3, 0.4) is 0 Å². The molecule has 36 heavy (non-hydrogen) atoms. The number of fused-ring (bicyclic) bond motifs is 2. The SMILES string of the molecule is CC(C)(C)OC(=O)N1CC2CC(CN(CCCC(OCc3ccncc3)c3ccc(C#N)cc3)C2)C1. The lowest BCUT2D eigenvalue weighted by atomic mass is 9.84. The molecule has 1 amide bonds. The van der Waals surface area contributed by atoms with E-state index < -0.39 is 5.60 Å². The van der Waals surface area contributed by atoms with Gasteiger partial charge in [0.1, 0.15) is 5.60 Å². The largest absolute Gasteiger partial charge is 0.444 e. The van der Waals surface area contributed by atoms with Gasteiger partial charge in [-0.2, -0.15) is 5.26 Å². The molecule has 2 aliphatic heterocycles. The average Bonchev–Trinajstić information content (AvgIpc) is 2.85. The van der Waals surface area contributed by atoms with E-state index in [1.54, 1.807) is 12.4 Å². The number of rotatable bonds is 8. The molecule has 0 radical (unpaired) electrons. The van der Waals surface area contributed by atoms with Crippen molar-refractivity contribution in [1.29, 1.82) is 5.26 Å². The van der Waals surface area contributed by atoms with E-state index in [1.165, 1.54) is 6.42 Å². The van der Waals surface area contributed by atoms with Crippen molar-refractivity contribution in [3.63, 3.8) is 0 Å². The number of ether oxygens (including phenoxy) is 2. The second-order valence-electron chi connectivity index (χ2n) is 11.1. The number of aromatic nitrogens is 1. The number of hydrogen-bond acceptors (Lipinski definition) is 6. The second kappa shape index (κ2) is 11.9. The molecule has 7 heteroatoms. The summed E-state index contributed by atoms with van der Waals surface area (Å²) in [5.74, 6) is 1.00. The van der Waals surface area contributed by atoms with Gasteiger partial charge in [-0.15, -0.1) is 0 Å². The lowest BCUT2D eigenvalue weighted by molar-refractivity contribution is -0.0113. The van der Waals surface area contributed by atoms with Crippen LogP contribution in [-0.2, 0) is 16.1 Å². The van der Waals surface area contributed by atoms with Gasteiger partial charge < -0.3 is 19.3 Å². The van der Waals surface area contributed by atoms with Crippen LogP contribution in [-0.4, -0.2) is 59.2 Å². The number of nitrogens with zero attached hydrogens (tertiary/aromatic N) is 4. The van der Waals surface area contributed by atoms with E-state index in [9.17, 15) is 4.79 Å². The molecule has 2 saturated heterocycles. The number of hydrogen-bond donors (Lipinski definition) is 0. The van der Waals surface area contributed by atoms with Crippen LogP contribution in [0.4, 0.5) is 4.79 Å². The fourth-order valence-electron chi connectivity index (χ4n) is 5.34. The van der Waals surface area contributed by atoms with E-state index >= 15 is 0 Å². The molecule has 2 aliphatic rings. The van der Waals surface area contributed by atoms with Crippen LogP contribution in [0, 0.1) is 23.2 Å². The van der Waals surface area contributed by atoms with Gasteiger partial charge in [0.05, 0.1) is 24.3 Å². The lowest BCUT2D eigenvalue weighted by Gasteiger charge is -2.46. The third kappa shape index (κ3) is 7.52. The first-order valence-electron chi connectivity index (χ1n) is 13.0. The number of carbonyl (C=O) groups excluding carboxylic acids is 1. The predicted octanol–water partition coefficient (Wildman–Crippen LogP) is 5.18. The summed E-state index contributed by atoms with van der Waals surface area (Å²) in [6.07, 6.45) is 6.49. The van der Waals surface area contributed by atoms with E-state index in [4.69, 9.17) is 14.7 Å². The number of likely N-dealkylation sites (tertiary alicyclic amines) is 2. The highest BCUT2D eigenvalue weighted by Gasteiger charge is 2.37. The lowest BCUT2D eigenvalue weighted by Crippen LogP contribution is -2.54. The van der Waals surface area contributed by atoms with Gasteiger partial charge in [-0.1, -0.05) is 12.1 Å². The number of nitriles is 1. The first-order chi connectivity index (χ1) is 17.3. The molecule has 4 rings (SSSR count). The summed E-state index contributed by atoms with van der Waals surface area (Å²) in [4.78, 5) is 21.1. The summed E-state index contributed by atoms with van der Waals surface area (Å²) in [5, 5.41) is 9.15. The normalized spacial score (nSPS) is 21.0. The van der Waals surface area contributed by atoms with Crippen LogP contribution in [0.2, 0.25) is 0 Å². The standard InChI is InChI=1S/C29H38N4O3/c1-29(2,3)36-28(34)33-19-24-15-25(20-33)18-32(17-24)14-4-5-27(26-8-6-22(16-30)7-9-26)35-21-23-10-12-31-13-11-23/h6-13,24-25,27H,4-5,14-15,17-21H2,1-3H3. The summed E-state index contributed by atoms with van der Waals surface area (Å²) < 4.78 is 12.0. The molecule has 0 aliphatic carbocycles. The average molecular weight is 491 g/mol. The van der Waals surface area contributed by atoms with Crippen LogP contribution in [0.5, 0.6) is 0 Å². The minimum absolute atomic E-state index is 0.0298. The molecule has 2 fully saturated rings. The van der Waals surface area contributed by atoms with Gasteiger partial charge in [0.2, 0.25) is 0 Å². The topological polar surface area (TPSA) is 78.7 Å². The maximum absolute atomic E-state index is 12.6. The number of amides is 1. The van der Waals surface area contributed by atoms with E-state index in [2.05, 4.69) is 16.0 Å². The monoisotopic (exact) mass is 490 g/mol. The van der Waals surface area contributed by atoms with Gasteiger partial charge >= 0.3 is 6.09 Å². The van der Waals surface area contributed by atoms with Crippen molar-refractivity contribution in [3.8, 4) is 6.07 Å². The van der Waals surface area contributed by atoms with E-state index in [-0.39, 0.29) is 12.2 Å². The molecule has 2 aromatic rings. The summed E-state index contributed by atoms with van der Waals surface area (Å²) in [7, 11) is 0. The molecule has 2 bridgehead atoms. The zero-order valence-corrected chi connectivity index (χ0v) is 21.7. The van der Waals surface area contributed by atoms with Crippen molar-refractivity contribution in [2.75, 3.05) is 32.7 Å². The van der Waals surface area contributed by atoms with Gasteiger partial charge in [0.15, 0.2) is 0 Å². The molecule has 0 N–H and O–H groups in total. The highest BCUT2D eigenvalue weighted by atomic mass is 16.6. The fraction of sp³-hybridized carbons (Fsp3) is 0.552. The number of benzene rings is 1. The van der Waals surface area contributed by atoms with Crippen molar-refractivity contribution >= 4 is 6.09 Å². The Morgan fingerprint density at radius 3 is 2.36 bits per heavy atom. The number of pyridine rings is 1. The van der Waals surface area contributed by atoms with Crippen LogP contribution < -0.4 is 0 Å². The number of piperidine rings is 2. The number of carbonyl (C=O) groups is 1. The molecular weight excluding hydrogens is 452 g/mol. The Bertz CT molecular complexity index is 1020. The third-order valence-corrected chi connectivity index (χ3v) is 6.86. The Balaban J connectivity index is 1.30. The molecule has 7 nitrogen and oxygen atoms in total. The van der Waals surface area contributed by atoms with E-state index in [0.717, 1.165) is 56.7 Å². The Kier molecular flexibility index (Phi) is 8.60. The second-order valence-corrected chi connectivity index (χ2v) is 11.1. The summed E-state index contributed by atoms with van der Waals surface area (Å²) >= 11 is 0. The van der Waals surface area contributed by atoms with Crippen molar-refractivity contribution in [2.45, 2.75) is 58.3 Å². The van der Waals surface area contributed by atoms with Crippen molar-refractivity contribution in [2.24, 2.45) is 11.8 Å². The van der Waals surface area contributed by atoms with Crippen LogP contribution >= 0.6 is 0 Å². The van der Waals surface area contributed by atoms with Crippen molar-refractivity contribution in [3.05, 3.63) is 65.5 Å². The van der Waals surface area contributed by atoms with Gasteiger partial charge in [0.25, 0.3) is 0 Å². The molecule has 3 unspecified atom stereocenters. The zero-order chi connectivity index (χ0) is 25.5. The van der Waals surface area contributed by atoms with Crippen LogP contribution in [0.15, 0.2) is 48.8 Å². The minimum Gasteiger partial charge on any atom is -0.444 e. The van der Waals surface area contributed by atoms with E-state index in [1.807, 2.05) is 62.1 Å². The van der Waals surface area contributed by atoms with Gasteiger partial charge in [-0.05, 0) is 93.8 Å².